The van der Waals surface area contributed by atoms with Gasteiger partial charge in [-0.15, -0.1) is 11.3 Å². The van der Waals surface area contributed by atoms with Crippen LogP contribution in [0.2, 0.25) is 0 Å². The molecule has 0 aliphatic carbocycles. The Hall–Kier alpha value is -3.38. The molecule has 0 spiro atoms. The minimum absolute atomic E-state index is 0.213. The number of amides is 1. The molecular weight excluding hydrogens is 408 g/mol. The van der Waals surface area contributed by atoms with Crippen LogP contribution in [0.25, 0.3) is 20.8 Å². The second-order valence-electron chi connectivity index (χ2n) is 7.59. The van der Waals surface area contributed by atoms with Gasteiger partial charge < -0.3 is 14.8 Å². The summed E-state index contributed by atoms with van der Waals surface area (Å²) in [6.45, 7) is 4.83. The minimum Gasteiger partial charge on any atom is -0.495 e. The molecule has 0 aliphatic heterocycles. The smallest absolute Gasteiger partial charge is 0.255 e. The topological polar surface area (TPSA) is 60.5 Å². The van der Waals surface area contributed by atoms with E-state index in [9.17, 15) is 4.79 Å². The number of aromatic nitrogens is 1. The van der Waals surface area contributed by atoms with E-state index < -0.39 is 0 Å². The number of para-hydroxylation sites is 1. The highest BCUT2D eigenvalue weighted by molar-refractivity contribution is 7.21. The highest BCUT2D eigenvalue weighted by Crippen LogP contribution is 2.35. The molecule has 4 rings (SSSR count). The lowest BCUT2D eigenvalue weighted by molar-refractivity contribution is 0.102. The van der Waals surface area contributed by atoms with Crippen LogP contribution < -0.4 is 14.8 Å². The molecule has 3 aromatic carbocycles. The van der Waals surface area contributed by atoms with E-state index in [2.05, 4.69) is 25.2 Å². The molecule has 0 saturated heterocycles. The molecule has 4 aromatic rings. The number of benzene rings is 3. The van der Waals surface area contributed by atoms with Gasteiger partial charge in [-0.1, -0.05) is 26.0 Å². The summed E-state index contributed by atoms with van der Waals surface area (Å²) in [5.41, 5.74) is 3.03. The van der Waals surface area contributed by atoms with E-state index in [1.165, 1.54) is 0 Å². The first-order valence-electron chi connectivity index (χ1n) is 10.1. The number of fused-ring (bicyclic) bond motifs is 1. The lowest BCUT2D eigenvalue weighted by Gasteiger charge is -2.12. The van der Waals surface area contributed by atoms with Crippen LogP contribution >= 0.6 is 11.3 Å². The molecule has 0 radical (unpaired) electrons. The molecule has 1 aromatic heterocycles. The van der Waals surface area contributed by atoms with Crippen molar-refractivity contribution in [3.63, 3.8) is 0 Å². The quantitative estimate of drug-likeness (QED) is 0.374. The second kappa shape index (κ2) is 9.18. The summed E-state index contributed by atoms with van der Waals surface area (Å²) in [6, 6.07) is 20.9. The van der Waals surface area contributed by atoms with Gasteiger partial charge in [-0.05, 0) is 60.5 Å². The van der Waals surface area contributed by atoms with E-state index in [1.807, 2.05) is 48.5 Å². The van der Waals surface area contributed by atoms with Crippen LogP contribution in [0.4, 0.5) is 5.69 Å². The largest absolute Gasteiger partial charge is 0.495 e. The maximum Gasteiger partial charge on any atom is 0.255 e. The van der Waals surface area contributed by atoms with E-state index in [0.29, 0.717) is 29.5 Å². The third-order valence-corrected chi connectivity index (χ3v) is 5.77. The predicted octanol–water partition coefficient (Wildman–Crippen LogP) is 6.26. The summed E-state index contributed by atoms with van der Waals surface area (Å²) in [7, 11) is 1.59. The van der Waals surface area contributed by atoms with E-state index in [0.717, 1.165) is 26.5 Å². The second-order valence-corrected chi connectivity index (χ2v) is 8.62. The van der Waals surface area contributed by atoms with Crippen LogP contribution in [-0.2, 0) is 0 Å². The van der Waals surface area contributed by atoms with E-state index in [1.54, 1.807) is 30.6 Å². The number of nitrogens with one attached hydrogen (secondary N) is 1. The average Bonchev–Trinajstić information content (AvgIpc) is 3.22. The van der Waals surface area contributed by atoms with Crippen molar-refractivity contribution in [2.24, 2.45) is 5.92 Å². The Kier molecular flexibility index (Phi) is 6.18. The van der Waals surface area contributed by atoms with Crippen molar-refractivity contribution in [1.82, 2.24) is 4.98 Å². The molecule has 1 N–H and O–H groups in total. The zero-order valence-corrected chi connectivity index (χ0v) is 18.5. The molecule has 5 nitrogen and oxygen atoms in total. The van der Waals surface area contributed by atoms with Crippen molar-refractivity contribution in [2.75, 3.05) is 19.0 Å². The minimum atomic E-state index is -0.213. The van der Waals surface area contributed by atoms with Crippen molar-refractivity contribution in [1.29, 1.82) is 0 Å². The standard InChI is InChI=1S/C25H24N2O3S/c1-16(2)15-30-19-11-8-17(9-12-19)24(28)26-21-14-18(10-13-22(21)29-3)25-27-20-6-4-5-7-23(20)31-25/h4-14,16H,15H2,1-3H3,(H,26,28). The fourth-order valence-corrected chi connectivity index (χ4v) is 4.06. The van der Waals surface area contributed by atoms with Crippen LogP contribution in [0.15, 0.2) is 66.7 Å². The molecule has 1 amide bonds. The van der Waals surface area contributed by atoms with Gasteiger partial charge in [0.25, 0.3) is 5.91 Å². The number of nitrogens with zero attached hydrogens (tertiary/aromatic N) is 1. The van der Waals surface area contributed by atoms with E-state index >= 15 is 0 Å². The van der Waals surface area contributed by atoms with Crippen LogP contribution in [-0.4, -0.2) is 24.6 Å². The van der Waals surface area contributed by atoms with Crippen molar-refractivity contribution in [3.05, 3.63) is 72.3 Å². The maximum atomic E-state index is 12.8. The van der Waals surface area contributed by atoms with Crippen molar-refractivity contribution in [2.45, 2.75) is 13.8 Å². The number of carbonyl (C=O) groups excluding carboxylic acids is 1. The van der Waals surface area contributed by atoms with Gasteiger partial charge in [-0.3, -0.25) is 4.79 Å². The van der Waals surface area contributed by atoms with Crippen molar-refractivity contribution in [3.8, 4) is 22.1 Å². The van der Waals surface area contributed by atoms with Gasteiger partial charge in [-0.25, -0.2) is 4.98 Å². The zero-order chi connectivity index (χ0) is 21.8. The average molecular weight is 433 g/mol. The molecule has 0 saturated carbocycles. The molecule has 0 fully saturated rings. The summed E-state index contributed by atoms with van der Waals surface area (Å²) in [5.74, 6) is 1.57. The number of thiazole rings is 1. The molecule has 6 heteroatoms. The summed E-state index contributed by atoms with van der Waals surface area (Å²) < 4.78 is 12.3. The molecule has 31 heavy (non-hydrogen) atoms. The third kappa shape index (κ3) is 4.86. The van der Waals surface area contributed by atoms with Crippen molar-refractivity contribution < 1.29 is 14.3 Å². The number of hydrogen-bond donors (Lipinski definition) is 1. The van der Waals surface area contributed by atoms with Gasteiger partial charge >= 0.3 is 0 Å². The van der Waals surface area contributed by atoms with Crippen LogP contribution in [0.5, 0.6) is 11.5 Å². The molecule has 1 heterocycles. The Morgan fingerprint density at radius 2 is 1.84 bits per heavy atom. The number of ether oxygens (including phenoxy) is 2. The van der Waals surface area contributed by atoms with Gasteiger partial charge in [0, 0.05) is 11.1 Å². The van der Waals surface area contributed by atoms with Gasteiger partial charge in [-0.2, -0.15) is 0 Å². The summed E-state index contributed by atoms with van der Waals surface area (Å²) in [6.07, 6.45) is 0. The Morgan fingerprint density at radius 1 is 1.06 bits per heavy atom. The van der Waals surface area contributed by atoms with E-state index in [4.69, 9.17) is 14.5 Å². The van der Waals surface area contributed by atoms with Gasteiger partial charge in [0.2, 0.25) is 0 Å². The summed E-state index contributed by atoms with van der Waals surface area (Å²) in [5, 5.41) is 3.86. The van der Waals surface area contributed by atoms with E-state index in [-0.39, 0.29) is 5.91 Å². The van der Waals surface area contributed by atoms with Crippen LogP contribution in [0.3, 0.4) is 0 Å². The normalized spacial score (nSPS) is 11.0. The zero-order valence-electron chi connectivity index (χ0n) is 17.7. The fraction of sp³-hybridized carbons (Fsp3) is 0.200. The van der Waals surface area contributed by atoms with Gasteiger partial charge in [0.1, 0.15) is 16.5 Å². The monoisotopic (exact) mass is 432 g/mol. The molecule has 0 unspecified atom stereocenters. The van der Waals surface area contributed by atoms with Crippen molar-refractivity contribution >= 4 is 33.1 Å². The Morgan fingerprint density at radius 3 is 2.55 bits per heavy atom. The number of anilines is 1. The lowest BCUT2D eigenvalue weighted by Crippen LogP contribution is -2.13. The van der Waals surface area contributed by atoms with Gasteiger partial charge in [0.05, 0.1) is 29.6 Å². The number of rotatable bonds is 7. The number of carbonyl (C=O) groups is 1. The SMILES string of the molecule is COc1ccc(-c2nc3ccccc3s2)cc1NC(=O)c1ccc(OCC(C)C)cc1. The first kappa shape index (κ1) is 20.9. The predicted molar refractivity (Wildman–Crippen MR) is 126 cm³/mol. The van der Waals surface area contributed by atoms with Crippen LogP contribution in [0.1, 0.15) is 24.2 Å². The lowest BCUT2D eigenvalue weighted by atomic mass is 10.1. The molecule has 0 bridgehead atoms. The number of methoxy groups -OCH3 is 1. The van der Waals surface area contributed by atoms with Gasteiger partial charge in [0.15, 0.2) is 0 Å². The Labute approximate surface area is 185 Å². The molecular formula is C25H24N2O3S. The summed E-state index contributed by atoms with van der Waals surface area (Å²) >= 11 is 1.62. The highest BCUT2D eigenvalue weighted by Gasteiger charge is 2.13. The third-order valence-electron chi connectivity index (χ3n) is 4.69. The summed E-state index contributed by atoms with van der Waals surface area (Å²) in [4.78, 5) is 17.5. The first-order chi connectivity index (χ1) is 15.0. The highest BCUT2D eigenvalue weighted by atomic mass is 32.1. The Bertz CT molecular complexity index is 1170. The first-order valence-corrected chi connectivity index (χ1v) is 10.9. The number of hydrogen-bond acceptors (Lipinski definition) is 5. The molecule has 158 valence electrons. The maximum absolute atomic E-state index is 12.8. The molecule has 0 atom stereocenters. The van der Waals surface area contributed by atoms with Crippen LogP contribution in [0, 0.1) is 5.92 Å². The Balaban J connectivity index is 1.55. The molecule has 0 aliphatic rings. The fourth-order valence-electron chi connectivity index (χ4n) is 3.09.